The highest BCUT2D eigenvalue weighted by Crippen LogP contribution is 2.53. The van der Waals surface area contributed by atoms with Gasteiger partial charge in [-0.1, -0.05) is 54.3 Å². The van der Waals surface area contributed by atoms with Crippen molar-refractivity contribution in [1.82, 2.24) is 4.90 Å². The van der Waals surface area contributed by atoms with E-state index in [-0.39, 0.29) is 0 Å². The van der Waals surface area contributed by atoms with Crippen molar-refractivity contribution in [3.8, 4) is 0 Å². The molecule has 6 heteroatoms. The standard InChI is InChI=1S/C14H17NO3S2/c1-9(11(16)17)15-12(19)20-13(2,3)14(15,18)10-7-5-4-6-8-10/h4-9,18H,1-3H3,(H,16,17). The Hall–Kier alpha value is -1.11. The van der Waals surface area contributed by atoms with E-state index in [4.69, 9.17) is 12.2 Å². The van der Waals surface area contributed by atoms with Crippen LogP contribution in [0.1, 0.15) is 26.3 Å². The van der Waals surface area contributed by atoms with Crippen molar-refractivity contribution in [2.75, 3.05) is 0 Å². The lowest BCUT2D eigenvalue weighted by atomic mass is 9.88. The molecule has 4 nitrogen and oxygen atoms in total. The number of benzene rings is 1. The summed E-state index contributed by atoms with van der Waals surface area (Å²) in [6, 6.07) is 8.17. The third-order valence-electron chi connectivity index (χ3n) is 3.65. The minimum Gasteiger partial charge on any atom is -0.480 e. The zero-order valence-corrected chi connectivity index (χ0v) is 13.2. The van der Waals surface area contributed by atoms with Crippen LogP contribution in [0.25, 0.3) is 0 Å². The number of carboxylic acid groups (broad SMARTS) is 1. The van der Waals surface area contributed by atoms with Gasteiger partial charge in [0.15, 0.2) is 5.72 Å². The van der Waals surface area contributed by atoms with Crippen LogP contribution >= 0.6 is 24.0 Å². The number of hydrogen-bond acceptors (Lipinski definition) is 4. The Labute approximate surface area is 127 Å². The summed E-state index contributed by atoms with van der Waals surface area (Å²) in [6.07, 6.45) is 0. The number of aliphatic hydroxyl groups is 1. The van der Waals surface area contributed by atoms with E-state index in [1.54, 1.807) is 12.1 Å². The molecule has 2 N–H and O–H groups in total. The summed E-state index contributed by atoms with van der Waals surface area (Å²) in [6.45, 7) is 5.27. The van der Waals surface area contributed by atoms with Gasteiger partial charge in [0.05, 0.1) is 4.75 Å². The molecular weight excluding hydrogens is 294 g/mol. The molecule has 1 aromatic carbocycles. The van der Waals surface area contributed by atoms with E-state index in [1.807, 2.05) is 32.0 Å². The van der Waals surface area contributed by atoms with E-state index in [1.165, 1.54) is 23.6 Å². The Bertz CT molecular complexity index is 547. The molecule has 1 saturated heterocycles. The number of thioether (sulfide) groups is 1. The molecule has 2 rings (SSSR count). The first-order valence-corrected chi connectivity index (χ1v) is 7.47. The third kappa shape index (κ3) is 2.12. The third-order valence-corrected chi connectivity index (χ3v) is 5.26. The number of nitrogens with zero attached hydrogens (tertiary/aromatic N) is 1. The second-order valence-corrected chi connectivity index (χ2v) is 7.56. The first-order chi connectivity index (χ1) is 9.22. The summed E-state index contributed by atoms with van der Waals surface area (Å²) >= 11 is 6.62. The van der Waals surface area contributed by atoms with E-state index >= 15 is 0 Å². The molecule has 0 aliphatic carbocycles. The molecule has 0 saturated carbocycles. The van der Waals surface area contributed by atoms with Gasteiger partial charge in [-0.3, -0.25) is 0 Å². The van der Waals surface area contributed by atoms with Gasteiger partial charge in [0.1, 0.15) is 10.4 Å². The van der Waals surface area contributed by atoms with Gasteiger partial charge < -0.3 is 15.1 Å². The minimum atomic E-state index is -1.45. The van der Waals surface area contributed by atoms with E-state index in [0.29, 0.717) is 9.88 Å². The molecule has 2 unspecified atom stereocenters. The van der Waals surface area contributed by atoms with Crippen molar-refractivity contribution >= 4 is 34.3 Å². The predicted octanol–water partition coefficient (Wildman–Crippen LogP) is 2.42. The van der Waals surface area contributed by atoms with Crippen LogP contribution in [0.4, 0.5) is 0 Å². The second kappa shape index (κ2) is 5.02. The predicted molar refractivity (Wildman–Crippen MR) is 83.5 cm³/mol. The van der Waals surface area contributed by atoms with Crippen LogP contribution in [-0.4, -0.2) is 36.2 Å². The van der Waals surface area contributed by atoms with E-state index in [2.05, 4.69) is 0 Å². The van der Waals surface area contributed by atoms with Gasteiger partial charge >= 0.3 is 5.97 Å². The maximum Gasteiger partial charge on any atom is 0.326 e. The highest BCUT2D eigenvalue weighted by Gasteiger charge is 2.59. The second-order valence-electron chi connectivity index (χ2n) is 5.30. The van der Waals surface area contributed by atoms with Gasteiger partial charge in [0, 0.05) is 5.56 Å². The van der Waals surface area contributed by atoms with E-state index in [9.17, 15) is 15.0 Å². The van der Waals surface area contributed by atoms with Crippen LogP contribution in [0.3, 0.4) is 0 Å². The molecule has 1 aliphatic rings. The first kappa shape index (κ1) is 15.3. The fraction of sp³-hybridized carbons (Fsp3) is 0.429. The van der Waals surface area contributed by atoms with Crippen molar-refractivity contribution in [2.45, 2.75) is 37.3 Å². The highest BCUT2D eigenvalue weighted by molar-refractivity contribution is 8.24. The number of aliphatic carboxylic acids is 1. The summed E-state index contributed by atoms with van der Waals surface area (Å²) < 4.78 is -0.244. The Morgan fingerprint density at radius 3 is 2.40 bits per heavy atom. The van der Waals surface area contributed by atoms with Crippen molar-refractivity contribution < 1.29 is 15.0 Å². The van der Waals surface area contributed by atoms with Crippen molar-refractivity contribution in [1.29, 1.82) is 0 Å². The largest absolute Gasteiger partial charge is 0.480 e. The van der Waals surface area contributed by atoms with Gasteiger partial charge in [-0.15, -0.1) is 0 Å². The summed E-state index contributed by atoms with van der Waals surface area (Å²) in [5.41, 5.74) is -0.807. The lowest BCUT2D eigenvalue weighted by molar-refractivity contribution is -0.154. The molecule has 2 atom stereocenters. The molecule has 20 heavy (non-hydrogen) atoms. The molecular formula is C14H17NO3S2. The first-order valence-electron chi connectivity index (χ1n) is 6.25. The molecule has 1 aliphatic heterocycles. The average Bonchev–Trinajstić information content (AvgIpc) is 2.56. The topological polar surface area (TPSA) is 60.8 Å². The van der Waals surface area contributed by atoms with E-state index < -0.39 is 22.5 Å². The van der Waals surface area contributed by atoms with Gasteiger partial charge in [0.25, 0.3) is 0 Å². The molecule has 1 aromatic rings. The number of carboxylic acids is 1. The molecule has 0 amide bonds. The number of carbonyl (C=O) groups is 1. The van der Waals surface area contributed by atoms with Crippen LogP contribution in [-0.2, 0) is 10.5 Å². The number of rotatable bonds is 3. The monoisotopic (exact) mass is 311 g/mol. The maximum atomic E-state index is 11.3. The smallest absolute Gasteiger partial charge is 0.326 e. The van der Waals surface area contributed by atoms with Gasteiger partial charge in [-0.25, -0.2) is 4.79 Å². The summed E-state index contributed by atoms with van der Waals surface area (Å²) in [7, 11) is 0. The SMILES string of the molecule is CC(C(=O)O)N1C(=S)SC(C)(C)C1(O)c1ccccc1. The molecule has 1 fully saturated rings. The fourth-order valence-corrected chi connectivity index (χ4v) is 4.57. The number of hydrogen-bond donors (Lipinski definition) is 2. The van der Waals surface area contributed by atoms with Crippen LogP contribution in [0.5, 0.6) is 0 Å². The summed E-state index contributed by atoms with van der Waals surface area (Å²) in [4.78, 5) is 12.8. The van der Waals surface area contributed by atoms with Gasteiger partial charge in [0.2, 0.25) is 0 Å². The Morgan fingerprint density at radius 2 is 1.90 bits per heavy atom. The van der Waals surface area contributed by atoms with Gasteiger partial charge in [-0.05, 0) is 20.8 Å². The van der Waals surface area contributed by atoms with Crippen LogP contribution in [0, 0.1) is 0 Å². The average molecular weight is 311 g/mol. The Kier molecular flexibility index (Phi) is 3.83. The quantitative estimate of drug-likeness (QED) is 0.836. The Morgan fingerprint density at radius 1 is 1.35 bits per heavy atom. The van der Waals surface area contributed by atoms with Crippen LogP contribution in [0.2, 0.25) is 0 Å². The minimum absolute atomic E-state index is 0.399. The fourth-order valence-electron chi connectivity index (χ4n) is 2.47. The van der Waals surface area contributed by atoms with Crippen molar-refractivity contribution in [2.24, 2.45) is 0 Å². The molecule has 108 valence electrons. The molecule has 1 heterocycles. The lowest BCUT2D eigenvalue weighted by Crippen LogP contribution is -2.57. The molecule has 0 bridgehead atoms. The van der Waals surface area contributed by atoms with Crippen molar-refractivity contribution in [3.63, 3.8) is 0 Å². The van der Waals surface area contributed by atoms with Crippen molar-refractivity contribution in [3.05, 3.63) is 35.9 Å². The number of thiocarbonyl (C=S) groups is 1. The van der Waals surface area contributed by atoms with E-state index in [0.717, 1.165) is 0 Å². The summed E-state index contributed by atoms with van der Waals surface area (Å²) in [5.74, 6) is -1.01. The summed E-state index contributed by atoms with van der Waals surface area (Å²) in [5, 5.41) is 20.6. The zero-order valence-electron chi connectivity index (χ0n) is 11.5. The maximum absolute atomic E-state index is 11.3. The highest BCUT2D eigenvalue weighted by atomic mass is 32.2. The zero-order chi connectivity index (χ0) is 15.1. The molecule has 0 aromatic heterocycles. The van der Waals surface area contributed by atoms with Gasteiger partial charge in [-0.2, -0.15) is 0 Å². The van der Waals surface area contributed by atoms with Crippen LogP contribution < -0.4 is 0 Å². The Balaban J connectivity index is 2.60. The lowest BCUT2D eigenvalue weighted by Gasteiger charge is -2.43. The normalized spacial score (nSPS) is 26.6. The van der Waals surface area contributed by atoms with Crippen LogP contribution in [0.15, 0.2) is 30.3 Å². The molecule has 0 radical (unpaired) electrons. The molecule has 0 spiro atoms.